The lowest BCUT2D eigenvalue weighted by molar-refractivity contribution is -0.890. The fourth-order valence-electron chi connectivity index (χ4n) is 4.02. The summed E-state index contributed by atoms with van der Waals surface area (Å²) in [4.78, 5) is 11.7. The van der Waals surface area contributed by atoms with Crippen LogP contribution >= 0.6 is 0 Å². The molecule has 0 saturated carbocycles. The predicted molar refractivity (Wildman–Crippen MR) is 136 cm³/mol. The quantitative estimate of drug-likeness (QED) is 0.129. The zero-order valence-electron chi connectivity index (χ0n) is 21.8. The number of carbonyl (C=O) groups is 1. The number of carbonyl (C=O) groups excluding carboxylic acids is 1. The van der Waals surface area contributed by atoms with Crippen LogP contribution in [0.3, 0.4) is 0 Å². The van der Waals surface area contributed by atoms with Gasteiger partial charge in [0.05, 0.1) is 20.6 Å². The molecule has 0 saturated heterocycles. The van der Waals surface area contributed by atoms with E-state index in [0.717, 1.165) is 24.0 Å². The van der Waals surface area contributed by atoms with E-state index in [1.165, 1.54) is 116 Å². The van der Waals surface area contributed by atoms with Gasteiger partial charge in [-0.05, 0) is 19.3 Å². The summed E-state index contributed by atoms with van der Waals surface area (Å²) in [6.45, 7) is 7.78. The van der Waals surface area contributed by atoms with Crippen LogP contribution in [0.4, 0.5) is 4.79 Å². The number of ether oxygens (including phenoxy) is 1. The Balaban J connectivity index is 3.41. The van der Waals surface area contributed by atoms with Crippen LogP contribution in [0.5, 0.6) is 0 Å². The molecule has 0 heterocycles. The monoisotopic (exact) mass is 441 g/mol. The highest BCUT2D eigenvalue weighted by atomic mass is 16.5. The lowest BCUT2D eigenvalue weighted by Crippen LogP contribution is -2.43. The molecule has 0 aromatic rings. The average molecular weight is 442 g/mol. The van der Waals surface area contributed by atoms with Gasteiger partial charge >= 0.3 is 6.09 Å². The summed E-state index contributed by atoms with van der Waals surface area (Å²) < 4.78 is 6.28. The molecule has 1 N–H and O–H groups in total. The molecule has 0 aliphatic heterocycles. The van der Waals surface area contributed by atoms with Crippen molar-refractivity contribution in [2.75, 3.05) is 40.3 Å². The van der Waals surface area contributed by atoms with Crippen molar-refractivity contribution < 1.29 is 14.0 Å². The van der Waals surface area contributed by atoms with Crippen LogP contribution < -0.4 is 5.32 Å². The van der Waals surface area contributed by atoms with Crippen molar-refractivity contribution in [3.63, 3.8) is 0 Å². The van der Waals surface area contributed by atoms with Gasteiger partial charge in [0, 0.05) is 6.54 Å². The van der Waals surface area contributed by atoms with Crippen molar-refractivity contribution >= 4 is 6.09 Å². The topological polar surface area (TPSA) is 38.3 Å². The Morgan fingerprint density at radius 3 is 1.52 bits per heavy atom. The molecule has 0 unspecified atom stereocenters. The normalized spacial score (nSPS) is 11.6. The van der Waals surface area contributed by atoms with Gasteiger partial charge in [-0.15, -0.1) is 0 Å². The maximum Gasteiger partial charge on any atom is 0.407 e. The van der Waals surface area contributed by atoms with E-state index in [1.54, 1.807) is 0 Å². The molecule has 0 aliphatic carbocycles. The second kappa shape index (κ2) is 22.4. The number of alkyl carbamates (subject to hydrolysis) is 1. The van der Waals surface area contributed by atoms with Gasteiger partial charge in [-0.1, -0.05) is 110 Å². The van der Waals surface area contributed by atoms with Gasteiger partial charge in [0.15, 0.2) is 0 Å². The minimum atomic E-state index is -0.256. The second-order valence-electron chi connectivity index (χ2n) is 10.1. The van der Waals surface area contributed by atoms with E-state index in [9.17, 15) is 4.79 Å². The number of amides is 1. The maximum atomic E-state index is 11.7. The molecule has 0 radical (unpaired) electrons. The summed E-state index contributed by atoms with van der Waals surface area (Å²) in [7, 11) is 4.49. The van der Waals surface area contributed by atoms with Crippen LogP contribution in [0.2, 0.25) is 0 Å². The zero-order chi connectivity index (χ0) is 23.0. The third-order valence-electron chi connectivity index (χ3n) is 6.35. The van der Waals surface area contributed by atoms with Crippen LogP contribution in [0.15, 0.2) is 0 Å². The molecule has 0 fully saturated rings. The van der Waals surface area contributed by atoms with Crippen molar-refractivity contribution in [2.45, 2.75) is 129 Å². The summed E-state index contributed by atoms with van der Waals surface area (Å²) in [5, 5.41) is 2.86. The van der Waals surface area contributed by atoms with Gasteiger partial charge in [-0.3, -0.25) is 0 Å². The van der Waals surface area contributed by atoms with Crippen molar-refractivity contribution in [3.05, 3.63) is 0 Å². The van der Waals surface area contributed by atoms with E-state index in [0.29, 0.717) is 6.61 Å². The molecule has 1 amide bonds. The summed E-state index contributed by atoms with van der Waals surface area (Å²) in [6.07, 6.45) is 24.0. The van der Waals surface area contributed by atoms with Crippen LogP contribution in [0, 0.1) is 0 Å². The number of hydrogen-bond donors (Lipinski definition) is 1. The van der Waals surface area contributed by atoms with E-state index in [1.807, 2.05) is 0 Å². The van der Waals surface area contributed by atoms with Crippen LogP contribution in [-0.4, -0.2) is 50.9 Å². The Labute approximate surface area is 195 Å². The third-order valence-corrected chi connectivity index (χ3v) is 6.35. The SMILES string of the molecule is CCCCCCCCCCCCCCCC[N+](C)(C)CCOC(=O)NCCCCCC. The van der Waals surface area contributed by atoms with Crippen molar-refractivity contribution in [1.29, 1.82) is 0 Å². The summed E-state index contributed by atoms with van der Waals surface area (Å²) >= 11 is 0. The minimum absolute atomic E-state index is 0.256. The molecule has 0 spiro atoms. The molecule has 0 bridgehead atoms. The number of nitrogens with one attached hydrogen (secondary N) is 1. The van der Waals surface area contributed by atoms with Gasteiger partial charge < -0.3 is 14.5 Å². The minimum Gasteiger partial charge on any atom is -0.444 e. The molecule has 0 aromatic carbocycles. The number of unbranched alkanes of at least 4 members (excludes halogenated alkanes) is 16. The van der Waals surface area contributed by atoms with E-state index in [-0.39, 0.29) is 6.09 Å². The van der Waals surface area contributed by atoms with E-state index in [2.05, 4.69) is 33.3 Å². The molecule has 0 atom stereocenters. The lowest BCUT2D eigenvalue weighted by atomic mass is 10.0. The fourth-order valence-corrected chi connectivity index (χ4v) is 4.02. The largest absolute Gasteiger partial charge is 0.444 e. The van der Waals surface area contributed by atoms with Crippen LogP contribution in [0.25, 0.3) is 0 Å². The molecule has 31 heavy (non-hydrogen) atoms. The first-order valence-corrected chi connectivity index (χ1v) is 13.7. The highest BCUT2D eigenvalue weighted by molar-refractivity contribution is 5.66. The predicted octanol–water partition coefficient (Wildman–Crippen LogP) is 7.85. The number of quaternary nitrogens is 1. The fraction of sp³-hybridized carbons (Fsp3) is 0.963. The molecule has 0 aliphatic rings. The van der Waals surface area contributed by atoms with Gasteiger partial charge in [-0.25, -0.2) is 4.79 Å². The molecule has 186 valence electrons. The summed E-state index contributed by atoms with van der Waals surface area (Å²) in [5.74, 6) is 0. The van der Waals surface area contributed by atoms with Gasteiger partial charge in [0.25, 0.3) is 0 Å². The Kier molecular flexibility index (Phi) is 21.9. The van der Waals surface area contributed by atoms with E-state index >= 15 is 0 Å². The Morgan fingerprint density at radius 2 is 1.03 bits per heavy atom. The Morgan fingerprint density at radius 1 is 0.613 bits per heavy atom. The second-order valence-corrected chi connectivity index (χ2v) is 10.1. The van der Waals surface area contributed by atoms with E-state index < -0.39 is 0 Å². The van der Waals surface area contributed by atoms with Gasteiger partial charge in [0.2, 0.25) is 0 Å². The Bertz CT molecular complexity index is 385. The van der Waals surface area contributed by atoms with E-state index in [4.69, 9.17) is 4.74 Å². The third kappa shape index (κ3) is 23.7. The number of rotatable bonds is 23. The number of likely N-dealkylation sites (N-methyl/N-ethyl adjacent to an activating group) is 1. The Hall–Kier alpha value is -0.770. The first-order valence-electron chi connectivity index (χ1n) is 13.7. The molecule has 4 heteroatoms. The standard InChI is InChI=1S/C27H56N2O2/c1-5-7-9-11-12-13-14-15-16-17-18-19-20-22-24-29(3,4)25-26-31-27(30)28-23-21-10-8-6-2/h5-26H2,1-4H3/p+1. The van der Waals surface area contributed by atoms with Gasteiger partial charge in [-0.2, -0.15) is 0 Å². The zero-order valence-corrected chi connectivity index (χ0v) is 21.8. The first-order chi connectivity index (χ1) is 15.0. The lowest BCUT2D eigenvalue weighted by Gasteiger charge is -2.29. The average Bonchev–Trinajstić information content (AvgIpc) is 2.73. The summed E-state index contributed by atoms with van der Waals surface area (Å²) in [6, 6.07) is 0. The molecular formula is C27H57N2O2+. The van der Waals surface area contributed by atoms with Gasteiger partial charge in [0.1, 0.15) is 13.2 Å². The smallest absolute Gasteiger partial charge is 0.407 e. The molecule has 0 rings (SSSR count). The van der Waals surface area contributed by atoms with Crippen LogP contribution in [-0.2, 0) is 4.74 Å². The molecular weight excluding hydrogens is 384 g/mol. The molecule has 4 nitrogen and oxygen atoms in total. The number of nitrogens with zero attached hydrogens (tertiary/aromatic N) is 1. The molecule has 0 aromatic heterocycles. The number of hydrogen-bond acceptors (Lipinski definition) is 2. The van der Waals surface area contributed by atoms with Crippen molar-refractivity contribution in [3.8, 4) is 0 Å². The van der Waals surface area contributed by atoms with Crippen LogP contribution in [0.1, 0.15) is 129 Å². The van der Waals surface area contributed by atoms with Crippen molar-refractivity contribution in [2.24, 2.45) is 0 Å². The maximum absolute atomic E-state index is 11.7. The highest BCUT2D eigenvalue weighted by Gasteiger charge is 2.15. The first kappa shape index (κ1) is 30.2. The summed E-state index contributed by atoms with van der Waals surface area (Å²) in [5.41, 5.74) is 0. The van der Waals surface area contributed by atoms with Crippen molar-refractivity contribution in [1.82, 2.24) is 5.32 Å². The highest BCUT2D eigenvalue weighted by Crippen LogP contribution is 2.13.